The van der Waals surface area contributed by atoms with Gasteiger partial charge >= 0.3 is 0 Å². The highest BCUT2D eigenvalue weighted by Crippen LogP contribution is 2.33. The van der Waals surface area contributed by atoms with Gasteiger partial charge in [-0.05, 0) is 37.7 Å². The van der Waals surface area contributed by atoms with Gasteiger partial charge in [-0.25, -0.2) is 0 Å². The molecule has 24 heavy (non-hydrogen) atoms. The Bertz CT molecular complexity index is 540. The summed E-state index contributed by atoms with van der Waals surface area (Å²) in [5.74, 6) is 0.622. The van der Waals surface area contributed by atoms with Gasteiger partial charge in [0.25, 0.3) is 5.91 Å². The SMILES string of the molecule is O=C(c1ccoc1)N1CCO[C@H]2[C@H](OCC3CCOCC3)CC[C@@H]21. The van der Waals surface area contributed by atoms with Gasteiger partial charge < -0.3 is 23.5 Å². The number of carbonyl (C=O) groups is 1. The molecule has 0 spiro atoms. The molecule has 1 aliphatic carbocycles. The van der Waals surface area contributed by atoms with Gasteiger partial charge in [-0.3, -0.25) is 4.79 Å². The van der Waals surface area contributed by atoms with Crippen molar-refractivity contribution in [1.29, 1.82) is 0 Å². The predicted octanol–water partition coefficient (Wildman–Crippen LogP) is 2.09. The van der Waals surface area contributed by atoms with Crippen molar-refractivity contribution in [3.8, 4) is 0 Å². The summed E-state index contributed by atoms with van der Waals surface area (Å²) >= 11 is 0. The number of rotatable bonds is 4. The zero-order chi connectivity index (χ0) is 16.4. The van der Waals surface area contributed by atoms with Crippen molar-refractivity contribution in [1.82, 2.24) is 4.90 Å². The third-order valence-corrected chi connectivity index (χ3v) is 5.45. The second-order valence-corrected chi connectivity index (χ2v) is 6.92. The Hall–Kier alpha value is -1.37. The lowest BCUT2D eigenvalue weighted by Crippen LogP contribution is -2.54. The first-order valence-electron chi connectivity index (χ1n) is 8.97. The van der Waals surface area contributed by atoms with Crippen LogP contribution in [0.15, 0.2) is 23.0 Å². The normalized spacial score (nSPS) is 31.2. The molecule has 4 rings (SSSR count). The number of morpholine rings is 1. The summed E-state index contributed by atoms with van der Waals surface area (Å²) in [6.45, 7) is 3.67. The maximum Gasteiger partial charge on any atom is 0.257 e. The van der Waals surface area contributed by atoms with E-state index in [2.05, 4.69) is 0 Å². The molecule has 2 saturated heterocycles. The Balaban J connectivity index is 1.36. The third kappa shape index (κ3) is 3.23. The second-order valence-electron chi connectivity index (χ2n) is 6.92. The molecule has 0 aromatic carbocycles. The van der Waals surface area contributed by atoms with Crippen molar-refractivity contribution in [2.75, 3.05) is 33.0 Å². The second kappa shape index (κ2) is 7.25. The number of carbonyl (C=O) groups excluding carboxylic acids is 1. The number of hydrogen-bond acceptors (Lipinski definition) is 5. The topological polar surface area (TPSA) is 61.1 Å². The standard InChI is InChI=1S/C18H25NO5/c20-18(14-5-9-22-12-14)19-6-10-23-17-15(19)1-2-16(17)24-11-13-3-7-21-8-4-13/h5,9,12-13,15-17H,1-4,6-8,10-11H2/t15-,16+,17+/m0/s1. The number of nitrogens with zero attached hydrogens (tertiary/aromatic N) is 1. The van der Waals surface area contributed by atoms with Crippen LogP contribution in [0.2, 0.25) is 0 Å². The van der Waals surface area contributed by atoms with Crippen LogP contribution in [0.1, 0.15) is 36.0 Å². The largest absolute Gasteiger partial charge is 0.472 e. The lowest BCUT2D eigenvalue weighted by Gasteiger charge is -2.39. The zero-order valence-electron chi connectivity index (χ0n) is 13.9. The molecule has 1 saturated carbocycles. The van der Waals surface area contributed by atoms with Gasteiger partial charge in [0.1, 0.15) is 12.4 Å². The first-order valence-corrected chi connectivity index (χ1v) is 8.97. The van der Waals surface area contributed by atoms with Crippen LogP contribution in [0.25, 0.3) is 0 Å². The predicted molar refractivity (Wildman–Crippen MR) is 85.8 cm³/mol. The van der Waals surface area contributed by atoms with Crippen LogP contribution in [0.4, 0.5) is 0 Å². The third-order valence-electron chi connectivity index (χ3n) is 5.45. The Morgan fingerprint density at radius 1 is 1.21 bits per heavy atom. The molecule has 2 aliphatic heterocycles. The number of amides is 1. The molecule has 0 unspecified atom stereocenters. The maximum absolute atomic E-state index is 12.7. The van der Waals surface area contributed by atoms with Crippen LogP contribution < -0.4 is 0 Å². The molecule has 0 N–H and O–H groups in total. The highest BCUT2D eigenvalue weighted by atomic mass is 16.5. The molecule has 0 bridgehead atoms. The number of fused-ring (bicyclic) bond motifs is 1. The summed E-state index contributed by atoms with van der Waals surface area (Å²) < 4.78 is 22.6. The van der Waals surface area contributed by atoms with Crippen molar-refractivity contribution in [2.24, 2.45) is 5.92 Å². The van der Waals surface area contributed by atoms with E-state index in [1.807, 2.05) is 4.90 Å². The molecule has 3 aliphatic rings. The van der Waals surface area contributed by atoms with E-state index in [4.69, 9.17) is 18.6 Å². The average molecular weight is 335 g/mol. The van der Waals surface area contributed by atoms with Crippen molar-refractivity contribution in [3.05, 3.63) is 24.2 Å². The van der Waals surface area contributed by atoms with Crippen molar-refractivity contribution >= 4 is 5.91 Å². The number of furan rings is 1. The molecule has 3 fully saturated rings. The molecule has 1 amide bonds. The van der Waals surface area contributed by atoms with Crippen LogP contribution in [-0.4, -0.2) is 62.0 Å². The van der Waals surface area contributed by atoms with E-state index in [0.717, 1.165) is 45.5 Å². The Morgan fingerprint density at radius 2 is 2.08 bits per heavy atom. The van der Waals surface area contributed by atoms with E-state index in [0.29, 0.717) is 24.6 Å². The molecule has 3 atom stereocenters. The van der Waals surface area contributed by atoms with Crippen molar-refractivity contribution in [2.45, 2.75) is 43.9 Å². The number of hydrogen-bond donors (Lipinski definition) is 0. The van der Waals surface area contributed by atoms with Crippen LogP contribution in [-0.2, 0) is 14.2 Å². The van der Waals surface area contributed by atoms with Gasteiger partial charge in [-0.15, -0.1) is 0 Å². The lowest BCUT2D eigenvalue weighted by atomic mass is 10.0. The van der Waals surface area contributed by atoms with E-state index >= 15 is 0 Å². The molecule has 1 aromatic heterocycles. The van der Waals surface area contributed by atoms with Crippen LogP contribution >= 0.6 is 0 Å². The van der Waals surface area contributed by atoms with Crippen molar-refractivity contribution in [3.63, 3.8) is 0 Å². The summed E-state index contributed by atoms with van der Waals surface area (Å²) in [6, 6.07) is 1.83. The summed E-state index contributed by atoms with van der Waals surface area (Å²) in [5, 5.41) is 0. The molecule has 3 heterocycles. The van der Waals surface area contributed by atoms with Gasteiger partial charge in [0.15, 0.2) is 0 Å². The molecule has 0 radical (unpaired) electrons. The van der Waals surface area contributed by atoms with Crippen LogP contribution in [0.3, 0.4) is 0 Å². The highest BCUT2D eigenvalue weighted by Gasteiger charge is 2.45. The zero-order valence-corrected chi connectivity index (χ0v) is 13.9. The summed E-state index contributed by atoms with van der Waals surface area (Å²) in [6.07, 6.45) is 7.19. The summed E-state index contributed by atoms with van der Waals surface area (Å²) in [4.78, 5) is 14.6. The number of ether oxygens (including phenoxy) is 3. The minimum atomic E-state index is -0.00515. The average Bonchev–Trinajstić information content (AvgIpc) is 3.30. The van der Waals surface area contributed by atoms with Crippen molar-refractivity contribution < 1.29 is 23.4 Å². The Labute approximate surface area is 142 Å². The minimum Gasteiger partial charge on any atom is -0.472 e. The molecule has 1 aromatic rings. The quantitative estimate of drug-likeness (QED) is 0.843. The van der Waals surface area contributed by atoms with Crippen LogP contribution in [0.5, 0.6) is 0 Å². The van der Waals surface area contributed by atoms with Gasteiger partial charge in [0, 0.05) is 19.8 Å². The Morgan fingerprint density at radius 3 is 2.88 bits per heavy atom. The fraction of sp³-hybridized carbons (Fsp3) is 0.722. The molecular formula is C18H25NO5. The summed E-state index contributed by atoms with van der Waals surface area (Å²) in [5.41, 5.74) is 0.613. The lowest BCUT2D eigenvalue weighted by molar-refractivity contribution is -0.113. The minimum absolute atomic E-state index is 0.00515. The van der Waals surface area contributed by atoms with Gasteiger partial charge in [-0.1, -0.05) is 0 Å². The van der Waals surface area contributed by atoms with E-state index in [1.54, 1.807) is 12.3 Å². The Kier molecular flexibility index (Phi) is 4.87. The highest BCUT2D eigenvalue weighted by molar-refractivity contribution is 5.94. The van der Waals surface area contributed by atoms with E-state index in [1.165, 1.54) is 6.26 Å². The van der Waals surface area contributed by atoms with Gasteiger partial charge in [0.2, 0.25) is 0 Å². The molecule has 6 heteroatoms. The first-order chi connectivity index (χ1) is 11.8. The van der Waals surface area contributed by atoms with Gasteiger partial charge in [-0.2, -0.15) is 0 Å². The molecular weight excluding hydrogens is 310 g/mol. The molecule has 6 nitrogen and oxygen atoms in total. The maximum atomic E-state index is 12.7. The summed E-state index contributed by atoms with van der Waals surface area (Å²) in [7, 11) is 0. The fourth-order valence-corrected chi connectivity index (χ4v) is 4.07. The monoisotopic (exact) mass is 335 g/mol. The first kappa shape index (κ1) is 16.1. The van der Waals surface area contributed by atoms with E-state index in [-0.39, 0.29) is 24.2 Å². The van der Waals surface area contributed by atoms with Gasteiger partial charge in [0.05, 0.1) is 37.2 Å². The van der Waals surface area contributed by atoms with E-state index < -0.39 is 0 Å². The van der Waals surface area contributed by atoms with Crippen LogP contribution in [0, 0.1) is 5.92 Å². The molecule has 132 valence electrons. The fourth-order valence-electron chi connectivity index (χ4n) is 4.07. The van der Waals surface area contributed by atoms with E-state index in [9.17, 15) is 4.79 Å². The smallest absolute Gasteiger partial charge is 0.257 e.